The molecule has 0 aliphatic heterocycles. The van der Waals surface area contributed by atoms with Crippen LogP contribution in [0.3, 0.4) is 0 Å². The Balaban J connectivity index is 1.73. The van der Waals surface area contributed by atoms with Crippen LogP contribution in [0, 0.1) is 17.7 Å². The van der Waals surface area contributed by atoms with Crippen LogP contribution in [0.25, 0.3) is 0 Å². The van der Waals surface area contributed by atoms with Crippen molar-refractivity contribution >= 4 is 5.78 Å². The van der Waals surface area contributed by atoms with Gasteiger partial charge in [0.2, 0.25) is 0 Å². The summed E-state index contributed by atoms with van der Waals surface area (Å²) in [5.41, 5.74) is 0.184. The Morgan fingerprint density at radius 2 is 2.14 bits per heavy atom. The first-order valence-corrected chi connectivity index (χ1v) is 7.63. The van der Waals surface area contributed by atoms with E-state index in [0.717, 1.165) is 19.1 Å². The van der Waals surface area contributed by atoms with Gasteiger partial charge in [-0.1, -0.05) is 19.1 Å². The zero-order valence-electron chi connectivity index (χ0n) is 12.8. The number of carbonyl (C=O) groups excluding carboxylic acids is 1. The molecule has 4 heteroatoms. The van der Waals surface area contributed by atoms with Gasteiger partial charge in [0, 0.05) is 25.6 Å². The summed E-state index contributed by atoms with van der Waals surface area (Å²) in [6, 6.07) is 6.17. The lowest BCUT2D eigenvalue weighted by molar-refractivity contribution is 0.0837. The summed E-state index contributed by atoms with van der Waals surface area (Å²) in [5, 5.41) is 0. The summed E-state index contributed by atoms with van der Waals surface area (Å²) in [7, 11) is 1.96. The molecule has 0 aromatic heterocycles. The molecule has 1 aliphatic rings. The summed E-state index contributed by atoms with van der Waals surface area (Å²) in [6.07, 6.45) is 2.59. The number of rotatable bonds is 9. The molecule has 116 valence electrons. The summed E-state index contributed by atoms with van der Waals surface area (Å²) in [6.45, 7) is 4.79. The maximum absolute atomic E-state index is 13.6. The van der Waals surface area contributed by atoms with E-state index in [1.807, 2.05) is 14.0 Å². The van der Waals surface area contributed by atoms with Crippen LogP contribution in [0.2, 0.25) is 0 Å². The Bertz CT molecular complexity index is 474. The fourth-order valence-electron chi connectivity index (χ4n) is 2.32. The van der Waals surface area contributed by atoms with Crippen molar-refractivity contribution in [1.82, 2.24) is 4.90 Å². The lowest BCUT2D eigenvalue weighted by atomic mass is 9.98. The van der Waals surface area contributed by atoms with Crippen LogP contribution in [0.15, 0.2) is 24.3 Å². The van der Waals surface area contributed by atoms with E-state index in [4.69, 9.17) is 4.74 Å². The molecule has 0 radical (unpaired) electrons. The summed E-state index contributed by atoms with van der Waals surface area (Å²) >= 11 is 0. The van der Waals surface area contributed by atoms with E-state index in [1.54, 1.807) is 18.2 Å². The standard InChI is InChI=1S/C17H24FNO2/c1-13(17(20)15-5-3-4-6-16(15)18)11-19(2)9-10-21-12-14-7-8-14/h3-6,13-14H,7-12H2,1-2H3. The van der Waals surface area contributed by atoms with E-state index in [9.17, 15) is 9.18 Å². The summed E-state index contributed by atoms with van der Waals surface area (Å²) < 4.78 is 19.2. The Morgan fingerprint density at radius 1 is 1.43 bits per heavy atom. The molecule has 2 rings (SSSR count). The van der Waals surface area contributed by atoms with E-state index in [2.05, 4.69) is 4.90 Å². The largest absolute Gasteiger partial charge is 0.380 e. The van der Waals surface area contributed by atoms with Gasteiger partial charge in [-0.15, -0.1) is 0 Å². The SMILES string of the molecule is CC(CN(C)CCOCC1CC1)C(=O)c1ccccc1F. The first kappa shape index (κ1) is 16.1. The number of nitrogens with zero attached hydrogens (tertiary/aromatic N) is 1. The molecule has 0 amide bonds. The van der Waals surface area contributed by atoms with Gasteiger partial charge in [0.25, 0.3) is 0 Å². The minimum absolute atomic E-state index is 0.140. The summed E-state index contributed by atoms with van der Waals surface area (Å²) in [4.78, 5) is 14.3. The molecule has 0 bridgehead atoms. The number of ketones is 1. The molecule has 1 atom stereocenters. The van der Waals surface area contributed by atoms with Crippen molar-refractivity contribution in [2.45, 2.75) is 19.8 Å². The van der Waals surface area contributed by atoms with Crippen molar-refractivity contribution in [1.29, 1.82) is 0 Å². The number of Topliss-reactive ketones (excluding diaryl/α,β-unsaturated/α-hetero) is 1. The predicted molar refractivity (Wildman–Crippen MR) is 80.9 cm³/mol. The molecule has 1 aromatic rings. The number of carbonyl (C=O) groups is 1. The molecule has 1 aromatic carbocycles. The number of ether oxygens (including phenoxy) is 1. The highest BCUT2D eigenvalue weighted by Crippen LogP contribution is 2.28. The molecule has 0 spiro atoms. The molecule has 1 unspecified atom stereocenters. The molecule has 21 heavy (non-hydrogen) atoms. The number of likely N-dealkylation sites (N-methyl/N-ethyl adjacent to an activating group) is 1. The number of hydrogen-bond donors (Lipinski definition) is 0. The van der Waals surface area contributed by atoms with Crippen LogP contribution in [0.1, 0.15) is 30.1 Å². The molecule has 3 nitrogen and oxygen atoms in total. The second-order valence-corrected chi connectivity index (χ2v) is 6.03. The smallest absolute Gasteiger partial charge is 0.169 e. The number of hydrogen-bond acceptors (Lipinski definition) is 3. The number of halogens is 1. The van der Waals surface area contributed by atoms with Crippen molar-refractivity contribution < 1.29 is 13.9 Å². The van der Waals surface area contributed by atoms with Crippen molar-refractivity contribution in [3.05, 3.63) is 35.6 Å². The van der Waals surface area contributed by atoms with Crippen LogP contribution in [0.5, 0.6) is 0 Å². The van der Waals surface area contributed by atoms with Crippen LogP contribution >= 0.6 is 0 Å². The van der Waals surface area contributed by atoms with E-state index < -0.39 is 5.82 Å². The maximum Gasteiger partial charge on any atom is 0.169 e. The zero-order chi connectivity index (χ0) is 15.2. The van der Waals surface area contributed by atoms with Crippen molar-refractivity contribution in [2.24, 2.45) is 11.8 Å². The minimum Gasteiger partial charge on any atom is -0.380 e. The normalized spacial score (nSPS) is 16.2. The first-order valence-electron chi connectivity index (χ1n) is 7.63. The Labute approximate surface area is 126 Å². The van der Waals surface area contributed by atoms with Crippen LogP contribution in [0.4, 0.5) is 4.39 Å². The van der Waals surface area contributed by atoms with Gasteiger partial charge in [-0.25, -0.2) is 4.39 Å². The molecule has 0 heterocycles. The molecule has 1 fully saturated rings. The van der Waals surface area contributed by atoms with E-state index >= 15 is 0 Å². The third-order valence-electron chi connectivity index (χ3n) is 3.84. The van der Waals surface area contributed by atoms with Gasteiger partial charge in [0.15, 0.2) is 5.78 Å². The second kappa shape index (κ2) is 7.66. The molecular weight excluding hydrogens is 269 g/mol. The number of benzene rings is 1. The highest BCUT2D eigenvalue weighted by molar-refractivity contribution is 5.98. The highest BCUT2D eigenvalue weighted by atomic mass is 19.1. The molecular formula is C17H24FNO2. The van der Waals surface area contributed by atoms with Crippen molar-refractivity contribution in [3.63, 3.8) is 0 Å². The Kier molecular flexibility index (Phi) is 5.88. The Morgan fingerprint density at radius 3 is 2.81 bits per heavy atom. The van der Waals surface area contributed by atoms with E-state index in [-0.39, 0.29) is 17.3 Å². The molecule has 0 N–H and O–H groups in total. The second-order valence-electron chi connectivity index (χ2n) is 6.03. The monoisotopic (exact) mass is 293 g/mol. The first-order chi connectivity index (χ1) is 10.1. The quantitative estimate of drug-likeness (QED) is 0.518. The topological polar surface area (TPSA) is 29.5 Å². The van der Waals surface area contributed by atoms with Crippen LogP contribution in [-0.4, -0.2) is 44.0 Å². The minimum atomic E-state index is -0.440. The zero-order valence-corrected chi connectivity index (χ0v) is 12.8. The molecule has 1 saturated carbocycles. The lowest BCUT2D eigenvalue weighted by Gasteiger charge is -2.20. The van der Waals surface area contributed by atoms with Gasteiger partial charge in [-0.2, -0.15) is 0 Å². The van der Waals surface area contributed by atoms with E-state index in [0.29, 0.717) is 13.2 Å². The van der Waals surface area contributed by atoms with Gasteiger partial charge in [0.05, 0.1) is 12.2 Å². The third kappa shape index (κ3) is 5.21. The predicted octanol–water partition coefficient (Wildman–Crippen LogP) is 3.00. The van der Waals surface area contributed by atoms with Gasteiger partial charge >= 0.3 is 0 Å². The Hall–Kier alpha value is -1.26. The lowest BCUT2D eigenvalue weighted by Crippen LogP contribution is -2.31. The fourth-order valence-corrected chi connectivity index (χ4v) is 2.32. The average Bonchev–Trinajstić information content (AvgIpc) is 3.27. The van der Waals surface area contributed by atoms with Gasteiger partial charge < -0.3 is 9.64 Å². The highest BCUT2D eigenvalue weighted by Gasteiger charge is 2.22. The maximum atomic E-state index is 13.6. The third-order valence-corrected chi connectivity index (χ3v) is 3.84. The fraction of sp³-hybridized carbons (Fsp3) is 0.588. The van der Waals surface area contributed by atoms with Gasteiger partial charge in [-0.3, -0.25) is 4.79 Å². The van der Waals surface area contributed by atoms with Gasteiger partial charge in [-0.05, 0) is 37.9 Å². The summed E-state index contributed by atoms with van der Waals surface area (Å²) in [5.74, 6) is -0.0317. The van der Waals surface area contributed by atoms with Gasteiger partial charge in [0.1, 0.15) is 5.82 Å². The van der Waals surface area contributed by atoms with Crippen molar-refractivity contribution in [2.75, 3.05) is 33.4 Å². The molecule has 1 aliphatic carbocycles. The molecule has 0 saturated heterocycles. The van der Waals surface area contributed by atoms with Crippen LogP contribution in [-0.2, 0) is 4.74 Å². The van der Waals surface area contributed by atoms with Crippen LogP contribution < -0.4 is 0 Å². The van der Waals surface area contributed by atoms with Crippen molar-refractivity contribution in [3.8, 4) is 0 Å². The average molecular weight is 293 g/mol. The van der Waals surface area contributed by atoms with E-state index in [1.165, 1.54) is 18.9 Å².